The number of aromatic nitrogens is 3. The maximum absolute atomic E-state index is 12.1. The average Bonchev–Trinajstić information content (AvgIpc) is 2.95. The van der Waals surface area contributed by atoms with Gasteiger partial charge in [0, 0.05) is 22.0 Å². The minimum Gasteiger partial charge on any atom is -0.300 e. The van der Waals surface area contributed by atoms with Crippen molar-refractivity contribution in [3.8, 4) is 11.3 Å². The number of thiazole rings is 1. The van der Waals surface area contributed by atoms with Crippen molar-refractivity contribution < 1.29 is 4.79 Å². The molecule has 1 aromatic carbocycles. The lowest BCUT2D eigenvalue weighted by Crippen LogP contribution is -2.29. The molecule has 0 spiro atoms. The van der Waals surface area contributed by atoms with Crippen LogP contribution in [0.3, 0.4) is 0 Å². The van der Waals surface area contributed by atoms with Gasteiger partial charge in [0.05, 0.1) is 11.4 Å². The van der Waals surface area contributed by atoms with Crippen LogP contribution in [0.2, 0.25) is 5.02 Å². The molecule has 1 N–H and O–H groups in total. The van der Waals surface area contributed by atoms with Gasteiger partial charge in [-0.3, -0.25) is 9.59 Å². The first-order valence-electron chi connectivity index (χ1n) is 7.07. The van der Waals surface area contributed by atoms with Crippen LogP contribution in [-0.2, 0) is 11.3 Å². The van der Waals surface area contributed by atoms with Gasteiger partial charge in [0.25, 0.3) is 5.56 Å². The first-order chi connectivity index (χ1) is 11.5. The van der Waals surface area contributed by atoms with E-state index in [1.165, 1.54) is 17.4 Å². The van der Waals surface area contributed by atoms with Gasteiger partial charge < -0.3 is 5.32 Å². The van der Waals surface area contributed by atoms with Gasteiger partial charge in [-0.25, -0.2) is 9.67 Å². The maximum Gasteiger partial charge on any atom is 0.267 e. The van der Waals surface area contributed by atoms with Gasteiger partial charge in [0.15, 0.2) is 5.13 Å². The van der Waals surface area contributed by atoms with Crippen LogP contribution in [0.1, 0.15) is 5.69 Å². The van der Waals surface area contributed by atoms with Gasteiger partial charge in [-0.15, -0.1) is 11.3 Å². The number of nitrogens with one attached hydrogen (secondary N) is 1. The lowest BCUT2D eigenvalue weighted by atomic mass is 10.1. The first-order valence-corrected chi connectivity index (χ1v) is 8.33. The Kier molecular flexibility index (Phi) is 4.73. The third-order valence-corrected chi connectivity index (χ3v) is 4.29. The van der Waals surface area contributed by atoms with Crippen LogP contribution in [0.15, 0.2) is 46.6 Å². The molecular weight excluding hydrogens is 348 g/mol. The van der Waals surface area contributed by atoms with Gasteiger partial charge >= 0.3 is 0 Å². The number of aryl methyl sites for hydroxylation is 1. The van der Waals surface area contributed by atoms with E-state index in [2.05, 4.69) is 15.4 Å². The lowest BCUT2D eigenvalue weighted by molar-refractivity contribution is -0.117. The topological polar surface area (TPSA) is 76.9 Å². The van der Waals surface area contributed by atoms with Crippen molar-refractivity contribution in [2.45, 2.75) is 13.5 Å². The minimum absolute atomic E-state index is 0.182. The van der Waals surface area contributed by atoms with E-state index in [4.69, 9.17) is 11.6 Å². The molecule has 24 heavy (non-hydrogen) atoms. The molecule has 3 rings (SSSR count). The monoisotopic (exact) mass is 360 g/mol. The molecule has 0 atom stereocenters. The van der Waals surface area contributed by atoms with Crippen LogP contribution < -0.4 is 10.9 Å². The van der Waals surface area contributed by atoms with Crippen molar-refractivity contribution in [2.75, 3.05) is 5.32 Å². The van der Waals surface area contributed by atoms with Crippen LogP contribution in [-0.4, -0.2) is 20.7 Å². The van der Waals surface area contributed by atoms with Crippen molar-refractivity contribution >= 4 is 34.0 Å². The van der Waals surface area contributed by atoms with Crippen LogP contribution in [0.25, 0.3) is 11.3 Å². The zero-order valence-electron chi connectivity index (χ0n) is 12.7. The van der Waals surface area contributed by atoms with Gasteiger partial charge in [0.2, 0.25) is 5.91 Å². The predicted molar refractivity (Wildman–Crippen MR) is 94.4 cm³/mol. The highest BCUT2D eigenvalue weighted by atomic mass is 35.5. The molecule has 0 unspecified atom stereocenters. The molecule has 0 fully saturated rings. The Hall–Kier alpha value is -2.51. The second-order valence-electron chi connectivity index (χ2n) is 5.06. The molecule has 2 heterocycles. The molecule has 0 bridgehead atoms. The van der Waals surface area contributed by atoms with E-state index >= 15 is 0 Å². The van der Waals surface area contributed by atoms with Crippen LogP contribution >= 0.6 is 22.9 Å². The minimum atomic E-state index is -0.354. The summed E-state index contributed by atoms with van der Waals surface area (Å²) in [6, 6.07) is 10.1. The number of hydrogen-bond acceptors (Lipinski definition) is 5. The number of hydrogen-bond donors (Lipinski definition) is 1. The highest BCUT2D eigenvalue weighted by Gasteiger charge is 2.10. The summed E-state index contributed by atoms with van der Waals surface area (Å²) in [5.41, 5.74) is 1.88. The summed E-state index contributed by atoms with van der Waals surface area (Å²) in [6.45, 7) is 1.66. The third kappa shape index (κ3) is 3.87. The van der Waals surface area contributed by atoms with E-state index in [9.17, 15) is 9.59 Å². The summed E-state index contributed by atoms with van der Waals surface area (Å²) in [7, 11) is 0. The number of anilines is 1. The molecule has 0 saturated heterocycles. The van der Waals surface area contributed by atoms with Gasteiger partial charge in [0.1, 0.15) is 6.54 Å². The molecule has 1 amide bonds. The molecule has 0 aliphatic carbocycles. The van der Waals surface area contributed by atoms with Gasteiger partial charge in [-0.2, -0.15) is 5.10 Å². The SMILES string of the molecule is Cc1csc(NC(=O)Cn2nc(-c3ccc(Cl)cc3)ccc2=O)n1. The number of carbonyl (C=O) groups is 1. The van der Waals surface area contributed by atoms with E-state index in [1.807, 2.05) is 12.3 Å². The molecule has 2 aromatic heterocycles. The summed E-state index contributed by atoms with van der Waals surface area (Å²) >= 11 is 7.20. The Morgan fingerprint density at radius 3 is 2.67 bits per heavy atom. The smallest absolute Gasteiger partial charge is 0.267 e. The van der Waals surface area contributed by atoms with Gasteiger partial charge in [-0.1, -0.05) is 23.7 Å². The number of rotatable bonds is 4. The molecule has 0 aliphatic heterocycles. The lowest BCUT2D eigenvalue weighted by Gasteiger charge is -2.07. The quantitative estimate of drug-likeness (QED) is 0.776. The fraction of sp³-hybridized carbons (Fsp3) is 0.125. The van der Waals surface area contributed by atoms with E-state index in [0.717, 1.165) is 15.9 Å². The van der Waals surface area contributed by atoms with Crippen LogP contribution in [0.4, 0.5) is 5.13 Å². The van der Waals surface area contributed by atoms with Crippen molar-refractivity contribution in [2.24, 2.45) is 0 Å². The molecular formula is C16H13ClN4O2S. The molecule has 6 nitrogen and oxygen atoms in total. The molecule has 0 saturated carbocycles. The first kappa shape index (κ1) is 16.4. The third-order valence-electron chi connectivity index (χ3n) is 3.17. The molecule has 122 valence electrons. The highest BCUT2D eigenvalue weighted by Crippen LogP contribution is 2.18. The highest BCUT2D eigenvalue weighted by molar-refractivity contribution is 7.13. The summed E-state index contributed by atoms with van der Waals surface area (Å²) in [4.78, 5) is 28.2. The molecule has 8 heteroatoms. The second kappa shape index (κ2) is 6.94. The fourth-order valence-corrected chi connectivity index (χ4v) is 2.87. The molecule has 0 aliphatic rings. The van der Waals surface area contributed by atoms with E-state index in [1.54, 1.807) is 30.3 Å². The zero-order valence-corrected chi connectivity index (χ0v) is 14.3. The normalized spacial score (nSPS) is 10.6. The van der Waals surface area contributed by atoms with E-state index in [0.29, 0.717) is 15.8 Å². The second-order valence-corrected chi connectivity index (χ2v) is 6.36. The Bertz CT molecular complexity index is 934. The number of nitrogens with zero attached hydrogens (tertiary/aromatic N) is 3. The molecule has 3 aromatic rings. The van der Waals surface area contributed by atoms with Gasteiger partial charge in [-0.05, 0) is 25.1 Å². The summed E-state index contributed by atoms with van der Waals surface area (Å²) < 4.78 is 1.12. The predicted octanol–water partition coefficient (Wildman–Crippen LogP) is 2.97. The Morgan fingerprint density at radius 2 is 2.00 bits per heavy atom. The zero-order chi connectivity index (χ0) is 17.1. The summed E-state index contributed by atoms with van der Waals surface area (Å²) in [6.07, 6.45) is 0. The summed E-state index contributed by atoms with van der Waals surface area (Å²) in [5, 5.41) is 9.85. The van der Waals surface area contributed by atoms with E-state index in [-0.39, 0.29) is 18.0 Å². The Morgan fingerprint density at radius 1 is 1.25 bits per heavy atom. The summed E-state index contributed by atoms with van der Waals surface area (Å²) in [5.74, 6) is -0.354. The Balaban J connectivity index is 1.80. The number of halogens is 1. The van der Waals surface area contributed by atoms with Crippen molar-refractivity contribution in [3.63, 3.8) is 0 Å². The van der Waals surface area contributed by atoms with Crippen LogP contribution in [0.5, 0.6) is 0 Å². The van der Waals surface area contributed by atoms with Crippen LogP contribution in [0, 0.1) is 6.92 Å². The average molecular weight is 361 g/mol. The standard InChI is InChI=1S/C16H13ClN4O2S/c1-10-9-24-16(18-10)19-14(22)8-21-15(23)7-6-13(20-21)11-2-4-12(17)5-3-11/h2-7,9H,8H2,1H3,(H,18,19,22). The number of amides is 1. The van der Waals surface area contributed by atoms with Crippen molar-refractivity contribution in [1.82, 2.24) is 14.8 Å². The Labute approximate surface area is 146 Å². The van der Waals surface area contributed by atoms with E-state index < -0.39 is 0 Å². The van der Waals surface area contributed by atoms with Crippen molar-refractivity contribution in [1.29, 1.82) is 0 Å². The number of benzene rings is 1. The maximum atomic E-state index is 12.1. The molecule has 0 radical (unpaired) electrons. The van der Waals surface area contributed by atoms with Crippen molar-refractivity contribution in [3.05, 3.63) is 62.8 Å². The largest absolute Gasteiger partial charge is 0.300 e. The number of carbonyl (C=O) groups excluding carboxylic acids is 1. The fourth-order valence-electron chi connectivity index (χ4n) is 2.04.